The number of anilines is 2. The van der Waals surface area contributed by atoms with E-state index in [-0.39, 0.29) is 0 Å². The predicted octanol–water partition coefficient (Wildman–Crippen LogP) is 4.89. The second kappa shape index (κ2) is 7.42. The smallest absolute Gasteiger partial charge is 0.158 e. The first-order valence-corrected chi connectivity index (χ1v) is 11.4. The SMILES string of the molecule is Cc1cc2c(c(-n3ccc(-c4nccs4)n3)n1)CCN2c1ccc(-n2cccn2)cc1C. The number of rotatable bonds is 4. The van der Waals surface area contributed by atoms with E-state index in [2.05, 4.69) is 46.2 Å². The molecule has 0 saturated carbocycles. The number of thiazole rings is 1. The Balaban J connectivity index is 1.39. The fraction of sp³-hybridized carbons (Fsp3) is 0.167. The monoisotopic (exact) mass is 439 g/mol. The lowest BCUT2D eigenvalue weighted by Gasteiger charge is -2.23. The zero-order valence-electron chi connectivity index (χ0n) is 17.8. The average molecular weight is 440 g/mol. The van der Waals surface area contributed by atoms with Crippen LogP contribution in [0.4, 0.5) is 11.4 Å². The minimum Gasteiger partial charge on any atom is -0.341 e. The second-order valence-electron chi connectivity index (χ2n) is 7.89. The summed E-state index contributed by atoms with van der Waals surface area (Å²) in [7, 11) is 0. The molecule has 6 rings (SSSR count). The third kappa shape index (κ3) is 3.11. The van der Waals surface area contributed by atoms with Crippen LogP contribution < -0.4 is 4.90 Å². The minimum absolute atomic E-state index is 0.872. The molecule has 4 aromatic heterocycles. The third-order valence-corrected chi connectivity index (χ3v) is 6.58. The lowest BCUT2D eigenvalue weighted by Crippen LogP contribution is -2.15. The van der Waals surface area contributed by atoms with Gasteiger partial charge in [-0.25, -0.2) is 19.3 Å². The van der Waals surface area contributed by atoms with Gasteiger partial charge in [-0.15, -0.1) is 11.3 Å². The maximum absolute atomic E-state index is 4.85. The Morgan fingerprint density at radius 1 is 0.969 bits per heavy atom. The van der Waals surface area contributed by atoms with Crippen LogP contribution in [0.1, 0.15) is 16.8 Å². The Labute approximate surface area is 189 Å². The van der Waals surface area contributed by atoms with Crippen LogP contribution in [0.15, 0.2) is 66.6 Å². The van der Waals surface area contributed by atoms with Crippen molar-refractivity contribution in [2.75, 3.05) is 11.4 Å². The van der Waals surface area contributed by atoms with Crippen LogP contribution in [0.25, 0.3) is 22.2 Å². The first kappa shape index (κ1) is 18.9. The molecular formula is C24H21N7S. The highest BCUT2D eigenvalue weighted by atomic mass is 32.1. The van der Waals surface area contributed by atoms with E-state index in [0.717, 1.165) is 40.9 Å². The summed E-state index contributed by atoms with van der Waals surface area (Å²) in [6.07, 6.45) is 8.47. The molecule has 0 unspecified atom stereocenters. The summed E-state index contributed by atoms with van der Waals surface area (Å²) in [5.74, 6) is 0.899. The quantitative estimate of drug-likeness (QED) is 0.399. The van der Waals surface area contributed by atoms with Crippen LogP contribution >= 0.6 is 11.3 Å². The number of nitrogens with zero attached hydrogens (tertiary/aromatic N) is 7. The maximum Gasteiger partial charge on any atom is 0.158 e. The number of hydrogen-bond donors (Lipinski definition) is 0. The van der Waals surface area contributed by atoms with Crippen molar-refractivity contribution in [3.63, 3.8) is 0 Å². The molecule has 0 saturated heterocycles. The summed E-state index contributed by atoms with van der Waals surface area (Å²) in [5, 5.41) is 12.0. The van der Waals surface area contributed by atoms with Gasteiger partial charge in [0.15, 0.2) is 5.82 Å². The Bertz CT molecular complexity index is 1400. The van der Waals surface area contributed by atoms with Gasteiger partial charge in [0.2, 0.25) is 0 Å². The Morgan fingerprint density at radius 3 is 2.69 bits per heavy atom. The van der Waals surface area contributed by atoms with Crippen LogP contribution in [0.3, 0.4) is 0 Å². The van der Waals surface area contributed by atoms with E-state index in [1.54, 1.807) is 23.7 Å². The van der Waals surface area contributed by atoms with Gasteiger partial charge in [0.05, 0.1) is 5.69 Å². The van der Waals surface area contributed by atoms with Crippen molar-refractivity contribution in [3.05, 3.63) is 83.4 Å². The van der Waals surface area contributed by atoms with Crippen LogP contribution in [-0.4, -0.2) is 36.1 Å². The first-order chi connectivity index (χ1) is 15.7. The van der Waals surface area contributed by atoms with E-state index >= 15 is 0 Å². The van der Waals surface area contributed by atoms with E-state index in [1.165, 1.54) is 22.5 Å². The van der Waals surface area contributed by atoms with Crippen molar-refractivity contribution in [2.45, 2.75) is 20.3 Å². The molecule has 0 radical (unpaired) electrons. The lowest BCUT2D eigenvalue weighted by atomic mass is 10.1. The third-order valence-electron chi connectivity index (χ3n) is 5.78. The van der Waals surface area contributed by atoms with Gasteiger partial charge in [0.1, 0.15) is 10.7 Å². The van der Waals surface area contributed by atoms with Crippen LogP contribution in [0.5, 0.6) is 0 Å². The molecule has 1 aromatic carbocycles. The van der Waals surface area contributed by atoms with Gasteiger partial charge in [-0.2, -0.15) is 10.2 Å². The minimum atomic E-state index is 0.872. The van der Waals surface area contributed by atoms with Gasteiger partial charge < -0.3 is 4.90 Å². The van der Waals surface area contributed by atoms with Gasteiger partial charge in [0.25, 0.3) is 0 Å². The highest BCUT2D eigenvalue weighted by Crippen LogP contribution is 2.39. The van der Waals surface area contributed by atoms with Crippen molar-refractivity contribution in [2.24, 2.45) is 0 Å². The standard InChI is InChI=1S/C24H21N7S/c1-16-14-18(30-10-3-8-26-30)4-5-21(16)29-11-6-19-22(29)15-17(2)27-23(19)31-12-7-20(28-31)24-25-9-13-32-24/h3-5,7-10,12-15H,6,11H2,1-2H3. The van der Waals surface area contributed by atoms with Gasteiger partial charge in [0, 0.05) is 59.3 Å². The number of pyridine rings is 1. The predicted molar refractivity (Wildman–Crippen MR) is 126 cm³/mol. The lowest BCUT2D eigenvalue weighted by molar-refractivity contribution is 0.829. The van der Waals surface area contributed by atoms with Crippen molar-refractivity contribution in [1.82, 2.24) is 29.5 Å². The van der Waals surface area contributed by atoms with Crippen LogP contribution in [0, 0.1) is 13.8 Å². The summed E-state index contributed by atoms with van der Waals surface area (Å²) in [4.78, 5) is 11.6. The molecule has 0 N–H and O–H groups in total. The molecule has 0 fully saturated rings. The number of aromatic nitrogens is 6. The summed E-state index contributed by atoms with van der Waals surface area (Å²) < 4.78 is 3.78. The van der Waals surface area contributed by atoms with E-state index < -0.39 is 0 Å². The molecule has 0 spiro atoms. The van der Waals surface area contributed by atoms with Crippen LogP contribution in [0.2, 0.25) is 0 Å². The summed E-state index contributed by atoms with van der Waals surface area (Å²) in [6.45, 7) is 5.11. The molecule has 1 aliphatic rings. The van der Waals surface area contributed by atoms with Gasteiger partial charge in [-0.05, 0) is 62.2 Å². The molecular weight excluding hydrogens is 418 g/mol. The number of aryl methyl sites for hydroxylation is 2. The molecule has 8 heteroatoms. The van der Waals surface area contributed by atoms with Gasteiger partial charge in [-0.1, -0.05) is 0 Å². The molecule has 1 aliphatic heterocycles. The molecule has 158 valence electrons. The zero-order chi connectivity index (χ0) is 21.7. The molecule has 32 heavy (non-hydrogen) atoms. The Hall–Kier alpha value is -3.78. The topological polar surface area (TPSA) is 64.7 Å². The molecule has 7 nitrogen and oxygen atoms in total. The average Bonchev–Trinajstić information content (AvgIpc) is 3.60. The van der Waals surface area contributed by atoms with E-state index in [1.807, 2.05) is 46.2 Å². The Kier molecular flexibility index (Phi) is 4.39. The van der Waals surface area contributed by atoms with E-state index in [0.29, 0.717) is 0 Å². The molecule has 0 atom stereocenters. The fourth-order valence-electron chi connectivity index (χ4n) is 4.34. The van der Waals surface area contributed by atoms with Gasteiger partial charge in [-0.3, -0.25) is 0 Å². The molecule has 0 bridgehead atoms. The highest BCUT2D eigenvalue weighted by molar-refractivity contribution is 7.13. The Morgan fingerprint density at radius 2 is 1.91 bits per heavy atom. The van der Waals surface area contributed by atoms with Crippen molar-refractivity contribution in [1.29, 1.82) is 0 Å². The fourth-order valence-corrected chi connectivity index (χ4v) is 4.95. The van der Waals surface area contributed by atoms with Crippen molar-refractivity contribution in [3.8, 4) is 22.2 Å². The first-order valence-electron chi connectivity index (χ1n) is 10.5. The normalized spacial score (nSPS) is 13.0. The largest absolute Gasteiger partial charge is 0.341 e. The zero-order valence-corrected chi connectivity index (χ0v) is 18.6. The molecule has 0 amide bonds. The summed E-state index contributed by atoms with van der Waals surface area (Å²) in [6, 6.07) is 12.6. The summed E-state index contributed by atoms with van der Waals surface area (Å²) in [5.41, 5.74) is 7.76. The molecule has 5 heterocycles. The number of fused-ring (bicyclic) bond motifs is 1. The molecule has 5 aromatic rings. The second-order valence-corrected chi connectivity index (χ2v) is 8.79. The van der Waals surface area contributed by atoms with Crippen molar-refractivity contribution < 1.29 is 0 Å². The number of hydrogen-bond acceptors (Lipinski definition) is 6. The highest BCUT2D eigenvalue weighted by Gasteiger charge is 2.27. The maximum atomic E-state index is 4.85. The van der Waals surface area contributed by atoms with E-state index in [9.17, 15) is 0 Å². The summed E-state index contributed by atoms with van der Waals surface area (Å²) >= 11 is 1.59. The van der Waals surface area contributed by atoms with Gasteiger partial charge >= 0.3 is 0 Å². The van der Waals surface area contributed by atoms with Crippen molar-refractivity contribution >= 4 is 22.7 Å². The molecule has 0 aliphatic carbocycles. The number of benzene rings is 1. The van der Waals surface area contributed by atoms with Crippen LogP contribution in [-0.2, 0) is 6.42 Å². The van der Waals surface area contributed by atoms with E-state index in [4.69, 9.17) is 10.1 Å².